The lowest BCUT2D eigenvalue weighted by molar-refractivity contribution is 0.0266. The van der Waals surface area contributed by atoms with E-state index in [9.17, 15) is 4.79 Å². The Kier molecular flexibility index (Phi) is 5.19. The van der Waals surface area contributed by atoms with Gasteiger partial charge in [0.2, 0.25) is 0 Å². The molecule has 1 aliphatic heterocycles. The van der Waals surface area contributed by atoms with Crippen LogP contribution in [0.3, 0.4) is 0 Å². The largest absolute Gasteiger partial charge is 0.444 e. The summed E-state index contributed by atoms with van der Waals surface area (Å²) < 4.78 is 5.35. The van der Waals surface area contributed by atoms with E-state index in [1.165, 1.54) is 0 Å². The summed E-state index contributed by atoms with van der Waals surface area (Å²) in [6.45, 7) is 14.4. The van der Waals surface area contributed by atoms with Crippen LogP contribution in [0.5, 0.6) is 0 Å². The van der Waals surface area contributed by atoms with Crippen molar-refractivity contribution < 1.29 is 9.53 Å². The highest BCUT2D eigenvalue weighted by Gasteiger charge is 2.23. The van der Waals surface area contributed by atoms with Crippen LogP contribution in [0.1, 0.15) is 27.2 Å². The number of hydrogen-bond donors (Lipinski definition) is 1. The average Bonchev–Trinajstić information content (AvgIpc) is 2.34. The van der Waals surface area contributed by atoms with Gasteiger partial charge in [-0.3, -0.25) is 0 Å². The van der Waals surface area contributed by atoms with E-state index in [2.05, 4.69) is 13.2 Å². The maximum Gasteiger partial charge on any atom is 0.410 e. The first-order valence-electron chi connectivity index (χ1n) is 6.68. The van der Waals surface area contributed by atoms with Crippen molar-refractivity contribution in [3.63, 3.8) is 0 Å². The Hall–Kier alpha value is -1.97. The van der Waals surface area contributed by atoms with Crippen molar-refractivity contribution in [1.29, 1.82) is 0 Å². The molecule has 0 fully saturated rings. The van der Waals surface area contributed by atoms with Gasteiger partial charge in [0.05, 0.1) is 0 Å². The summed E-state index contributed by atoms with van der Waals surface area (Å²) >= 11 is 0. The molecule has 1 heterocycles. The Bertz CT molecular complexity index is 467. The number of nitrogens with zero attached hydrogens (tertiary/aromatic N) is 1. The van der Waals surface area contributed by atoms with E-state index in [-0.39, 0.29) is 6.09 Å². The molecule has 0 aliphatic carbocycles. The van der Waals surface area contributed by atoms with E-state index >= 15 is 0 Å². The smallest absolute Gasteiger partial charge is 0.410 e. The van der Waals surface area contributed by atoms with E-state index in [0.717, 1.165) is 17.6 Å². The van der Waals surface area contributed by atoms with Gasteiger partial charge < -0.3 is 15.4 Å². The molecule has 0 saturated carbocycles. The lowest BCUT2D eigenvalue weighted by Gasteiger charge is -2.29. The number of amides is 1. The number of carbonyl (C=O) groups excluding carboxylic acids is 1. The van der Waals surface area contributed by atoms with Crippen LogP contribution in [0.25, 0.3) is 0 Å². The summed E-state index contributed by atoms with van der Waals surface area (Å²) in [5, 5.41) is 0. The molecule has 20 heavy (non-hydrogen) atoms. The maximum atomic E-state index is 11.9. The molecule has 0 atom stereocenters. The first-order chi connectivity index (χ1) is 9.19. The molecule has 1 aliphatic rings. The zero-order valence-corrected chi connectivity index (χ0v) is 12.6. The highest BCUT2D eigenvalue weighted by Crippen LogP contribution is 2.20. The molecule has 0 aromatic rings. The first-order valence-corrected chi connectivity index (χ1v) is 6.68. The molecule has 0 bridgehead atoms. The standard InChI is InChI=1S/C16H24N2O2/c1-12(6-7-13(2)17)14-8-10-18(11-9-14)15(19)20-16(3,4)5/h6-8H,1-2,9-11,17H2,3-5H3/b7-6-. The van der Waals surface area contributed by atoms with Crippen molar-refractivity contribution in [3.05, 3.63) is 48.2 Å². The van der Waals surface area contributed by atoms with Crippen LogP contribution in [0.2, 0.25) is 0 Å². The van der Waals surface area contributed by atoms with Crippen LogP contribution >= 0.6 is 0 Å². The van der Waals surface area contributed by atoms with E-state index < -0.39 is 5.60 Å². The second-order valence-electron chi connectivity index (χ2n) is 5.84. The Balaban J connectivity index is 2.59. The monoisotopic (exact) mass is 276 g/mol. The Morgan fingerprint density at radius 2 is 2.05 bits per heavy atom. The van der Waals surface area contributed by atoms with Crippen molar-refractivity contribution in [2.24, 2.45) is 5.73 Å². The highest BCUT2D eigenvalue weighted by atomic mass is 16.6. The molecule has 2 N–H and O–H groups in total. The summed E-state index contributed by atoms with van der Waals surface area (Å²) in [6.07, 6.45) is 6.06. The number of hydrogen-bond acceptors (Lipinski definition) is 3. The molecule has 0 radical (unpaired) electrons. The van der Waals surface area contributed by atoms with Crippen molar-refractivity contribution in [3.8, 4) is 0 Å². The van der Waals surface area contributed by atoms with Gasteiger partial charge in [-0.25, -0.2) is 4.79 Å². The number of ether oxygens (including phenoxy) is 1. The molecule has 110 valence electrons. The van der Waals surface area contributed by atoms with Crippen molar-refractivity contribution in [1.82, 2.24) is 4.90 Å². The Morgan fingerprint density at radius 1 is 1.40 bits per heavy atom. The fourth-order valence-electron chi connectivity index (χ4n) is 1.77. The van der Waals surface area contributed by atoms with Crippen molar-refractivity contribution in [2.45, 2.75) is 32.8 Å². The SMILES string of the molecule is C=C(N)/C=C\C(=C)C1=CCN(C(=O)OC(C)(C)C)CC1. The maximum absolute atomic E-state index is 11.9. The molecular formula is C16H24N2O2. The summed E-state index contributed by atoms with van der Waals surface area (Å²) in [7, 11) is 0. The van der Waals surface area contributed by atoms with Gasteiger partial charge in [-0.15, -0.1) is 0 Å². The van der Waals surface area contributed by atoms with Gasteiger partial charge in [0, 0.05) is 18.8 Å². The van der Waals surface area contributed by atoms with Gasteiger partial charge in [-0.2, -0.15) is 0 Å². The number of rotatable bonds is 3. The molecule has 1 rings (SSSR count). The average molecular weight is 276 g/mol. The van der Waals surface area contributed by atoms with Crippen LogP contribution in [0, 0.1) is 0 Å². The third-order valence-electron chi connectivity index (χ3n) is 2.77. The molecule has 1 amide bonds. The van der Waals surface area contributed by atoms with Crippen LogP contribution in [0.4, 0.5) is 4.79 Å². The second-order valence-corrected chi connectivity index (χ2v) is 5.84. The molecular weight excluding hydrogens is 252 g/mol. The fraction of sp³-hybridized carbons (Fsp3) is 0.438. The summed E-state index contributed by atoms with van der Waals surface area (Å²) in [6, 6.07) is 0. The van der Waals surface area contributed by atoms with E-state index in [1.807, 2.05) is 32.9 Å². The fourth-order valence-corrected chi connectivity index (χ4v) is 1.77. The van der Waals surface area contributed by atoms with Gasteiger partial charge in [0.25, 0.3) is 0 Å². The lowest BCUT2D eigenvalue weighted by atomic mass is 10.0. The number of carbonyl (C=O) groups is 1. The predicted molar refractivity (Wildman–Crippen MR) is 82.1 cm³/mol. The van der Waals surface area contributed by atoms with E-state index in [1.54, 1.807) is 11.0 Å². The lowest BCUT2D eigenvalue weighted by Crippen LogP contribution is -2.39. The zero-order chi connectivity index (χ0) is 15.3. The minimum atomic E-state index is -0.463. The van der Waals surface area contributed by atoms with Gasteiger partial charge in [-0.05, 0) is 44.4 Å². The van der Waals surface area contributed by atoms with Gasteiger partial charge in [0.1, 0.15) is 5.60 Å². The van der Waals surface area contributed by atoms with Crippen LogP contribution in [-0.4, -0.2) is 29.7 Å². The summed E-state index contributed by atoms with van der Waals surface area (Å²) in [5.41, 5.74) is 7.54. The van der Waals surface area contributed by atoms with Gasteiger partial charge in [0.15, 0.2) is 0 Å². The second kappa shape index (κ2) is 6.46. The van der Waals surface area contributed by atoms with E-state index in [0.29, 0.717) is 18.8 Å². The van der Waals surface area contributed by atoms with Crippen LogP contribution in [0.15, 0.2) is 48.2 Å². The summed E-state index contributed by atoms with van der Waals surface area (Å²) in [4.78, 5) is 13.6. The third kappa shape index (κ3) is 5.34. The van der Waals surface area contributed by atoms with Crippen molar-refractivity contribution in [2.75, 3.05) is 13.1 Å². The molecule has 4 nitrogen and oxygen atoms in total. The number of nitrogens with two attached hydrogens (primary N) is 1. The molecule has 0 saturated heterocycles. The Morgan fingerprint density at radius 3 is 2.50 bits per heavy atom. The molecule has 0 unspecified atom stereocenters. The molecule has 0 aromatic carbocycles. The normalized spacial score (nSPS) is 15.9. The van der Waals surface area contributed by atoms with E-state index in [4.69, 9.17) is 10.5 Å². The third-order valence-corrected chi connectivity index (χ3v) is 2.77. The predicted octanol–water partition coefficient (Wildman–Crippen LogP) is 3.14. The van der Waals surface area contributed by atoms with Crippen LogP contribution < -0.4 is 5.73 Å². The van der Waals surface area contributed by atoms with Gasteiger partial charge in [-0.1, -0.05) is 25.3 Å². The van der Waals surface area contributed by atoms with Crippen LogP contribution in [-0.2, 0) is 4.74 Å². The topological polar surface area (TPSA) is 55.6 Å². The molecule has 0 aromatic heterocycles. The van der Waals surface area contributed by atoms with Crippen molar-refractivity contribution >= 4 is 6.09 Å². The first kappa shape index (κ1) is 16.1. The summed E-state index contributed by atoms with van der Waals surface area (Å²) in [5.74, 6) is 0. The van der Waals surface area contributed by atoms with Gasteiger partial charge >= 0.3 is 6.09 Å². The minimum absolute atomic E-state index is 0.274. The Labute approximate surface area is 121 Å². The zero-order valence-electron chi connectivity index (χ0n) is 12.6. The molecule has 0 spiro atoms. The highest BCUT2D eigenvalue weighted by molar-refractivity contribution is 5.68. The quantitative estimate of drug-likeness (QED) is 0.806. The number of allylic oxidation sites excluding steroid dienone is 3. The molecule has 4 heteroatoms. The minimum Gasteiger partial charge on any atom is -0.444 e.